The highest BCUT2D eigenvalue weighted by molar-refractivity contribution is 4.61. The van der Waals surface area contributed by atoms with Gasteiger partial charge in [0.15, 0.2) is 0 Å². The molecule has 0 bridgehead atoms. The summed E-state index contributed by atoms with van der Waals surface area (Å²) in [4.78, 5) is 0. The van der Waals surface area contributed by atoms with Crippen molar-refractivity contribution < 1.29 is 9.47 Å². The van der Waals surface area contributed by atoms with Gasteiger partial charge in [0.05, 0.1) is 19.3 Å². The Kier molecular flexibility index (Phi) is 8.88. The summed E-state index contributed by atoms with van der Waals surface area (Å²) in [6, 6.07) is 0.330. The summed E-state index contributed by atoms with van der Waals surface area (Å²) in [5.41, 5.74) is 0. The van der Waals surface area contributed by atoms with Crippen LogP contribution in [0.2, 0.25) is 0 Å². The fraction of sp³-hybridized carbons (Fsp3) is 1.00. The quantitative estimate of drug-likeness (QED) is 0.559. The Hall–Kier alpha value is -0.120. The summed E-state index contributed by atoms with van der Waals surface area (Å²) in [5, 5.41) is 3.15. The zero-order chi connectivity index (χ0) is 9.23. The van der Waals surface area contributed by atoms with Gasteiger partial charge in [-0.15, -0.1) is 0 Å². The first-order chi connectivity index (χ1) is 5.85. The molecule has 0 rings (SSSR count). The lowest BCUT2D eigenvalue weighted by atomic mass is 10.3. The minimum absolute atomic E-state index is 0.330. The van der Waals surface area contributed by atoms with E-state index in [1.54, 1.807) is 0 Å². The molecular formula is C9H21NO2. The number of hydrogen-bond donors (Lipinski definition) is 1. The lowest BCUT2D eigenvalue weighted by Crippen LogP contribution is -2.35. The summed E-state index contributed by atoms with van der Waals surface area (Å²) in [6.45, 7) is 7.19. The number of rotatable bonds is 8. The van der Waals surface area contributed by atoms with Crippen LogP contribution in [0.4, 0.5) is 0 Å². The molecular weight excluding hydrogens is 154 g/mol. The molecule has 0 aromatic rings. The number of ether oxygens (including phenoxy) is 2. The van der Waals surface area contributed by atoms with Crippen molar-refractivity contribution in [2.45, 2.75) is 26.3 Å². The van der Waals surface area contributed by atoms with Crippen molar-refractivity contribution >= 4 is 0 Å². The monoisotopic (exact) mass is 175 g/mol. The van der Waals surface area contributed by atoms with Gasteiger partial charge in [-0.05, 0) is 20.4 Å². The Balaban J connectivity index is 3.26. The van der Waals surface area contributed by atoms with Gasteiger partial charge >= 0.3 is 0 Å². The summed E-state index contributed by atoms with van der Waals surface area (Å²) < 4.78 is 10.7. The Morgan fingerprint density at radius 3 is 2.33 bits per heavy atom. The van der Waals surface area contributed by atoms with Gasteiger partial charge in [0.1, 0.15) is 0 Å². The van der Waals surface area contributed by atoms with E-state index in [9.17, 15) is 0 Å². The molecule has 0 fully saturated rings. The Morgan fingerprint density at radius 2 is 1.83 bits per heavy atom. The normalized spacial score (nSPS) is 13.2. The van der Waals surface area contributed by atoms with Crippen LogP contribution in [0, 0.1) is 0 Å². The molecule has 12 heavy (non-hydrogen) atoms. The number of nitrogens with one attached hydrogen (secondary N) is 1. The Bertz CT molecular complexity index is 88.6. The van der Waals surface area contributed by atoms with Gasteiger partial charge in [0.25, 0.3) is 0 Å². The lowest BCUT2D eigenvalue weighted by molar-refractivity contribution is 0.0629. The summed E-state index contributed by atoms with van der Waals surface area (Å²) in [5.74, 6) is 0. The van der Waals surface area contributed by atoms with Crippen molar-refractivity contribution in [3.8, 4) is 0 Å². The van der Waals surface area contributed by atoms with Crippen LogP contribution in [0.15, 0.2) is 0 Å². The zero-order valence-corrected chi connectivity index (χ0v) is 8.43. The minimum atomic E-state index is 0.330. The zero-order valence-electron chi connectivity index (χ0n) is 8.43. The minimum Gasteiger partial charge on any atom is -0.380 e. The van der Waals surface area contributed by atoms with E-state index in [1.165, 1.54) is 0 Å². The largest absolute Gasteiger partial charge is 0.380 e. The average Bonchev–Trinajstić information content (AvgIpc) is 2.11. The van der Waals surface area contributed by atoms with Crippen LogP contribution in [0.5, 0.6) is 0 Å². The van der Waals surface area contributed by atoms with Crippen molar-refractivity contribution in [3.63, 3.8) is 0 Å². The molecule has 0 spiro atoms. The molecule has 0 aliphatic heterocycles. The molecule has 0 saturated carbocycles. The third-order valence-electron chi connectivity index (χ3n) is 1.60. The molecule has 3 heteroatoms. The van der Waals surface area contributed by atoms with E-state index >= 15 is 0 Å². The molecule has 74 valence electrons. The highest BCUT2D eigenvalue weighted by atomic mass is 16.5. The highest BCUT2D eigenvalue weighted by Gasteiger charge is 2.04. The predicted molar refractivity (Wildman–Crippen MR) is 50.5 cm³/mol. The molecule has 0 aliphatic rings. The maximum absolute atomic E-state index is 5.39. The molecule has 3 nitrogen and oxygen atoms in total. The predicted octanol–water partition coefficient (Wildman–Crippen LogP) is 1.04. The first-order valence-corrected chi connectivity index (χ1v) is 4.67. The van der Waals surface area contributed by atoms with Gasteiger partial charge in [0, 0.05) is 13.2 Å². The fourth-order valence-corrected chi connectivity index (χ4v) is 0.845. The van der Waals surface area contributed by atoms with Crippen molar-refractivity contribution in [2.24, 2.45) is 0 Å². The van der Waals surface area contributed by atoms with Gasteiger partial charge in [-0.2, -0.15) is 0 Å². The number of likely N-dealkylation sites (N-methyl/N-ethyl adjacent to an activating group) is 1. The van der Waals surface area contributed by atoms with Crippen LogP contribution in [0.3, 0.4) is 0 Å². The molecule has 1 unspecified atom stereocenters. The standard InChI is InChI=1S/C9H21NO2/c1-4-6-12-8-9(10-3)7-11-5-2/h9-10H,4-8H2,1-3H3. The van der Waals surface area contributed by atoms with Crippen molar-refractivity contribution in [3.05, 3.63) is 0 Å². The van der Waals surface area contributed by atoms with Crippen molar-refractivity contribution in [1.29, 1.82) is 0 Å². The molecule has 0 aromatic heterocycles. The first kappa shape index (κ1) is 11.9. The SMILES string of the molecule is CCCOCC(COCC)NC. The Labute approximate surface area is 75.4 Å². The van der Waals surface area contributed by atoms with Crippen LogP contribution in [-0.2, 0) is 9.47 Å². The maximum atomic E-state index is 5.39. The second-order valence-corrected chi connectivity index (χ2v) is 2.72. The molecule has 1 N–H and O–H groups in total. The van der Waals surface area contributed by atoms with Gasteiger partial charge in [-0.1, -0.05) is 6.92 Å². The smallest absolute Gasteiger partial charge is 0.0642 e. The summed E-state index contributed by atoms with van der Waals surface area (Å²) in [7, 11) is 1.93. The average molecular weight is 175 g/mol. The van der Waals surface area contributed by atoms with Crippen LogP contribution < -0.4 is 5.32 Å². The highest BCUT2D eigenvalue weighted by Crippen LogP contribution is 1.88. The molecule has 0 heterocycles. The fourth-order valence-electron chi connectivity index (χ4n) is 0.845. The first-order valence-electron chi connectivity index (χ1n) is 4.67. The molecule has 0 aliphatic carbocycles. The van der Waals surface area contributed by atoms with Crippen molar-refractivity contribution in [2.75, 3.05) is 33.5 Å². The van der Waals surface area contributed by atoms with Gasteiger partial charge in [-0.25, -0.2) is 0 Å². The second-order valence-electron chi connectivity index (χ2n) is 2.72. The summed E-state index contributed by atoms with van der Waals surface area (Å²) in [6.07, 6.45) is 1.07. The number of hydrogen-bond acceptors (Lipinski definition) is 3. The van der Waals surface area contributed by atoms with E-state index in [4.69, 9.17) is 9.47 Å². The van der Waals surface area contributed by atoms with Crippen LogP contribution in [0.1, 0.15) is 20.3 Å². The molecule has 0 amide bonds. The second kappa shape index (κ2) is 8.97. The third-order valence-corrected chi connectivity index (χ3v) is 1.60. The summed E-state index contributed by atoms with van der Waals surface area (Å²) >= 11 is 0. The molecule has 0 aromatic carbocycles. The van der Waals surface area contributed by atoms with E-state index in [1.807, 2.05) is 14.0 Å². The topological polar surface area (TPSA) is 30.5 Å². The van der Waals surface area contributed by atoms with E-state index in [-0.39, 0.29) is 0 Å². The third kappa shape index (κ3) is 6.58. The van der Waals surface area contributed by atoms with E-state index in [2.05, 4.69) is 12.2 Å². The lowest BCUT2D eigenvalue weighted by Gasteiger charge is -2.15. The molecule has 1 atom stereocenters. The molecule has 0 saturated heterocycles. The Morgan fingerprint density at radius 1 is 1.17 bits per heavy atom. The maximum Gasteiger partial charge on any atom is 0.0642 e. The van der Waals surface area contributed by atoms with Crippen LogP contribution in [-0.4, -0.2) is 39.5 Å². The van der Waals surface area contributed by atoms with E-state index < -0.39 is 0 Å². The van der Waals surface area contributed by atoms with Crippen LogP contribution >= 0.6 is 0 Å². The molecule has 0 radical (unpaired) electrons. The van der Waals surface area contributed by atoms with E-state index in [0.717, 1.165) is 32.8 Å². The van der Waals surface area contributed by atoms with Gasteiger partial charge in [-0.3, -0.25) is 0 Å². The van der Waals surface area contributed by atoms with E-state index in [0.29, 0.717) is 6.04 Å². The van der Waals surface area contributed by atoms with Crippen LogP contribution in [0.25, 0.3) is 0 Å². The van der Waals surface area contributed by atoms with Gasteiger partial charge < -0.3 is 14.8 Å². The van der Waals surface area contributed by atoms with Crippen molar-refractivity contribution in [1.82, 2.24) is 5.32 Å². The van der Waals surface area contributed by atoms with Gasteiger partial charge in [0.2, 0.25) is 0 Å².